The third-order valence-electron chi connectivity index (χ3n) is 3.11. The zero-order valence-electron chi connectivity index (χ0n) is 12.1. The van der Waals surface area contributed by atoms with Crippen LogP contribution in [0.2, 0.25) is 5.02 Å². The van der Waals surface area contributed by atoms with Gasteiger partial charge in [0.05, 0.1) is 23.9 Å². The van der Waals surface area contributed by atoms with E-state index in [0.29, 0.717) is 12.4 Å². The number of rotatable bonds is 6. The molecule has 1 aromatic heterocycles. The highest BCUT2D eigenvalue weighted by molar-refractivity contribution is 6.30. The second kappa shape index (κ2) is 7.38. The Bertz CT molecular complexity index is 607. The summed E-state index contributed by atoms with van der Waals surface area (Å²) in [6.07, 6.45) is 4.35. The lowest BCUT2D eigenvalue weighted by atomic mass is 10.00. The van der Waals surface area contributed by atoms with E-state index in [-0.39, 0.29) is 11.1 Å². The lowest BCUT2D eigenvalue weighted by Gasteiger charge is -2.18. The molecule has 1 N–H and O–H groups in total. The number of ether oxygens (including phenoxy) is 1. The minimum absolute atomic E-state index is 0.117. The van der Waals surface area contributed by atoms with Crippen LogP contribution in [0.5, 0.6) is 5.75 Å². The number of nitrogens with zero attached hydrogens (tertiary/aromatic N) is 1. The van der Waals surface area contributed by atoms with Crippen molar-refractivity contribution in [2.24, 2.45) is 0 Å². The Balaban J connectivity index is 2.30. The van der Waals surface area contributed by atoms with Gasteiger partial charge in [0.2, 0.25) is 0 Å². The van der Waals surface area contributed by atoms with E-state index in [1.807, 2.05) is 20.0 Å². The van der Waals surface area contributed by atoms with Gasteiger partial charge in [0, 0.05) is 6.20 Å². The van der Waals surface area contributed by atoms with Crippen LogP contribution in [-0.4, -0.2) is 18.6 Å². The van der Waals surface area contributed by atoms with Crippen molar-refractivity contribution in [1.82, 2.24) is 10.3 Å². The minimum atomic E-state index is -0.430. The van der Waals surface area contributed by atoms with Gasteiger partial charge in [-0.2, -0.15) is 0 Å². The average Bonchev–Trinajstić information content (AvgIpc) is 2.50. The molecule has 112 valence electrons. The van der Waals surface area contributed by atoms with Crippen molar-refractivity contribution in [3.05, 3.63) is 58.6 Å². The SMILES string of the molecule is CCCOc1cncc(C(NC)c2ccc(Cl)c(F)c2)c1. The summed E-state index contributed by atoms with van der Waals surface area (Å²) >= 11 is 5.73. The molecule has 0 fully saturated rings. The van der Waals surface area contributed by atoms with Crippen molar-refractivity contribution in [3.63, 3.8) is 0 Å². The molecule has 0 spiro atoms. The summed E-state index contributed by atoms with van der Waals surface area (Å²) in [6.45, 7) is 2.69. The molecule has 0 saturated carbocycles. The van der Waals surface area contributed by atoms with Gasteiger partial charge in [-0.15, -0.1) is 0 Å². The van der Waals surface area contributed by atoms with Gasteiger partial charge in [0.25, 0.3) is 0 Å². The molecule has 0 aliphatic heterocycles. The van der Waals surface area contributed by atoms with E-state index in [0.717, 1.165) is 17.5 Å². The normalized spacial score (nSPS) is 12.2. The van der Waals surface area contributed by atoms with Crippen LogP contribution in [0.1, 0.15) is 30.5 Å². The van der Waals surface area contributed by atoms with Gasteiger partial charge in [-0.1, -0.05) is 24.6 Å². The molecule has 21 heavy (non-hydrogen) atoms. The molecule has 0 saturated heterocycles. The van der Waals surface area contributed by atoms with Crippen molar-refractivity contribution in [2.45, 2.75) is 19.4 Å². The lowest BCUT2D eigenvalue weighted by Crippen LogP contribution is -2.18. The highest BCUT2D eigenvalue weighted by Gasteiger charge is 2.15. The summed E-state index contributed by atoms with van der Waals surface area (Å²) in [4.78, 5) is 4.19. The van der Waals surface area contributed by atoms with Crippen molar-refractivity contribution in [1.29, 1.82) is 0 Å². The quantitative estimate of drug-likeness (QED) is 0.876. The number of hydrogen-bond acceptors (Lipinski definition) is 3. The molecule has 0 radical (unpaired) electrons. The maximum Gasteiger partial charge on any atom is 0.142 e. The monoisotopic (exact) mass is 308 g/mol. The van der Waals surface area contributed by atoms with Crippen LogP contribution >= 0.6 is 11.6 Å². The van der Waals surface area contributed by atoms with Gasteiger partial charge in [-0.3, -0.25) is 4.98 Å². The van der Waals surface area contributed by atoms with Gasteiger partial charge in [0.15, 0.2) is 0 Å². The van der Waals surface area contributed by atoms with E-state index in [4.69, 9.17) is 16.3 Å². The van der Waals surface area contributed by atoms with E-state index in [9.17, 15) is 4.39 Å². The van der Waals surface area contributed by atoms with Crippen molar-refractivity contribution in [2.75, 3.05) is 13.7 Å². The fourth-order valence-corrected chi connectivity index (χ4v) is 2.23. The molecule has 2 rings (SSSR count). The van der Waals surface area contributed by atoms with Crippen LogP contribution < -0.4 is 10.1 Å². The van der Waals surface area contributed by atoms with Crippen LogP contribution in [0.25, 0.3) is 0 Å². The number of benzene rings is 1. The Hall–Kier alpha value is -1.65. The van der Waals surface area contributed by atoms with E-state index >= 15 is 0 Å². The molecule has 3 nitrogen and oxygen atoms in total. The second-order valence-corrected chi connectivity index (χ2v) is 5.10. The van der Waals surface area contributed by atoms with Crippen LogP contribution in [-0.2, 0) is 0 Å². The van der Waals surface area contributed by atoms with Gasteiger partial charge in [-0.25, -0.2) is 4.39 Å². The standard InChI is InChI=1S/C16H18ClFN2O/c1-3-6-21-13-7-12(9-20-10-13)16(19-2)11-4-5-14(17)15(18)8-11/h4-5,7-10,16,19H,3,6H2,1-2H3. The fourth-order valence-electron chi connectivity index (χ4n) is 2.11. The van der Waals surface area contributed by atoms with Crippen LogP contribution in [0.4, 0.5) is 4.39 Å². The molecule has 0 aliphatic rings. The summed E-state index contributed by atoms with van der Waals surface area (Å²) in [5.41, 5.74) is 1.70. The second-order valence-electron chi connectivity index (χ2n) is 4.70. The first-order chi connectivity index (χ1) is 10.2. The summed E-state index contributed by atoms with van der Waals surface area (Å²) in [7, 11) is 1.82. The molecular weight excluding hydrogens is 291 g/mol. The van der Waals surface area contributed by atoms with E-state index in [1.165, 1.54) is 6.07 Å². The lowest BCUT2D eigenvalue weighted by molar-refractivity contribution is 0.315. The molecule has 2 aromatic rings. The van der Waals surface area contributed by atoms with E-state index in [1.54, 1.807) is 24.5 Å². The summed E-state index contributed by atoms with van der Waals surface area (Å²) < 4.78 is 19.2. The smallest absolute Gasteiger partial charge is 0.142 e. The number of nitrogens with one attached hydrogen (secondary N) is 1. The Morgan fingerprint density at radius 1 is 1.29 bits per heavy atom. The topological polar surface area (TPSA) is 34.1 Å². The molecule has 0 amide bonds. The molecule has 1 aromatic carbocycles. The summed E-state index contributed by atoms with van der Waals surface area (Å²) in [5, 5.41) is 3.28. The third kappa shape index (κ3) is 3.93. The number of aromatic nitrogens is 1. The summed E-state index contributed by atoms with van der Waals surface area (Å²) in [5.74, 6) is 0.282. The average molecular weight is 309 g/mol. The van der Waals surface area contributed by atoms with E-state index < -0.39 is 5.82 Å². The van der Waals surface area contributed by atoms with Gasteiger partial charge < -0.3 is 10.1 Å². The van der Waals surface area contributed by atoms with Crippen molar-refractivity contribution < 1.29 is 9.13 Å². The highest BCUT2D eigenvalue weighted by Crippen LogP contribution is 2.26. The van der Waals surface area contributed by atoms with E-state index in [2.05, 4.69) is 10.3 Å². The maximum absolute atomic E-state index is 13.6. The number of hydrogen-bond donors (Lipinski definition) is 1. The van der Waals surface area contributed by atoms with Crippen LogP contribution in [0.3, 0.4) is 0 Å². The van der Waals surface area contributed by atoms with Crippen molar-refractivity contribution in [3.8, 4) is 5.75 Å². The van der Waals surface area contributed by atoms with Gasteiger partial charge in [0.1, 0.15) is 11.6 Å². The number of pyridine rings is 1. The van der Waals surface area contributed by atoms with Crippen LogP contribution in [0.15, 0.2) is 36.7 Å². The molecule has 1 heterocycles. The molecule has 0 aliphatic carbocycles. The largest absolute Gasteiger partial charge is 0.492 e. The predicted molar refractivity (Wildman–Crippen MR) is 82.3 cm³/mol. The maximum atomic E-state index is 13.6. The predicted octanol–water partition coefficient (Wildman–Crippen LogP) is 3.97. The Morgan fingerprint density at radius 3 is 2.76 bits per heavy atom. The van der Waals surface area contributed by atoms with Crippen LogP contribution in [0, 0.1) is 5.82 Å². The molecule has 1 atom stereocenters. The Kier molecular flexibility index (Phi) is 5.53. The molecule has 1 unspecified atom stereocenters. The minimum Gasteiger partial charge on any atom is -0.492 e. The van der Waals surface area contributed by atoms with Gasteiger partial charge >= 0.3 is 0 Å². The first-order valence-corrected chi connectivity index (χ1v) is 7.23. The Morgan fingerprint density at radius 2 is 2.10 bits per heavy atom. The molecule has 5 heteroatoms. The van der Waals surface area contributed by atoms with Crippen molar-refractivity contribution >= 4 is 11.6 Å². The zero-order valence-corrected chi connectivity index (χ0v) is 12.8. The third-order valence-corrected chi connectivity index (χ3v) is 3.41. The molecule has 0 bridgehead atoms. The Labute approximate surface area is 129 Å². The first kappa shape index (κ1) is 15.7. The van der Waals surface area contributed by atoms with Gasteiger partial charge in [-0.05, 0) is 42.8 Å². The zero-order chi connectivity index (χ0) is 15.2. The summed E-state index contributed by atoms with van der Waals surface area (Å²) in [6, 6.07) is 6.53. The fraction of sp³-hybridized carbons (Fsp3) is 0.312. The first-order valence-electron chi connectivity index (χ1n) is 6.85. The molecular formula is C16H18ClFN2O. The highest BCUT2D eigenvalue weighted by atomic mass is 35.5. The number of halogens is 2.